The zero-order chi connectivity index (χ0) is 15.3. The van der Waals surface area contributed by atoms with Gasteiger partial charge in [-0.3, -0.25) is 9.69 Å². The van der Waals surface area contributed by atoms with Crippen LogP contribution in [0.25, 0.3) is 0 Å². The molecule has 0 bridgehead atoms. The topological polar surface area (TPSA) is 64.1 Å². The van der Waals surface area contributed by atoms with Gasteiger partial charge in [-0.15, -0.1) is 0 Å². The van der Waals surface area contributed by atoms with Crippen molar-refractivity contribution in [2.75, 3.05) is 39.3 Å². The summed E-state index contributed by atoms with van der Waals surface area (Å²) in [4.78, 5) is 28.8. The van der Waals surface area contributed by atoms with Crippen molar-refractivity contribution in [2.24, 2.45) is 0 Å². The lowest BCUT2D eigenvalue weighted by Crippen LogP contribution is -2.57. The molecular formula is C14H27N3O3. The Morgan fingerprint density at radius 2 is 1.70 bits per heavy atom. The van der Waals surface area contributed by atoms with E-state index in [1.165, 1.54) is 0 Å². The maximum Gasteiger partial charge on any atom is 0.320 e. The Morgan fingerprint density at radius 1 is 1.15 bits per heavy atom. The predicted molar refractivity (Wildman–Crippen MR) is 77.8 cm³/mol. The highest BCUT2D eigenvalue weighted by Gasteiger charge is 2.29. The zero-order valence-corrected chi connectivity index (χ0v) is 13.1. The SMILES string of the molecule is CCN(CCC(=O)O)C(=O)N1CCN(C(C)(C)C)CC1. The smallest absolute Gasteiger partial charge is 0.320 e. The maximum atomic E-state index is 12.3. The van der Waals surface area contributed by atoms with E-state index in [-0.39, 0.29) is 24.5 Å². The van der Waals surface area contributed by atoms with Crippen molar-refractivity contribution in [1.82, 2.24) is 14.7 Å². The number of hydrogen-bond donors (Lipinski definition) is 1. The van der Waals surface area contributed by atoms with Crippen molar-refractivity contribution in [3.63, 3.8) is 0 Å². The first-order valence-electron chi connectivity index (χ1n) is 7.26. The fourth-order valence-corrected chi connectivity index (χ4v) is 2.39. The summed E-state index contributed by atoms with van der Waals surface area (Å²) in [5, 5.41) is 8.72. The summed E-state index contributed by atoms with van der Waals surface area (Å²) in [7, 11) is 0. The second kappa shape index (κ2) is 6.92. The first kappa shape index (κ1) is 16.8. The van der Waals surface area contributed by atoms with E-state index in [0.717, 1.165) is 13.1 Å². The third-order valence-corrected chi connectivity index (χ3v) is 3.75. The molecule has 0 aromatic carbocycles. The van der Waals surface area contributed by atoms with E-state index < -0.39 is 5.97 Å². The Labute approximate surface area is 121 Å². The van der Waals surface area contributed by atoms with Crippen LogP contribution < -0.4 is 0 Å². The van der Waals surface area contributed by atoms with Crippen LogP contribution in [0.5, 0.6) is 0 Å². The molecule has 0 saturated carbocycles. The first-order chi connectivity index (χ1) is 9.25. The van der Waals surface area contributed by atoms with Crippen LogP contribution in [0.15, 0.2) is 0 Å². The molecule has 0 spiro atoms. The molecule has 6 nitrogen and oxygen atoms in total. The van der Waals surface area contributed by atoms with Gasteiger partial charge in [0.1, 0.15) is 0 Å². The first-order valence-corrected chi connectivity index (χ1v) is 7.26. The normalized spacial score (nSPS) is 17.1. The van der Waals surface area contributed by atoms with Crippen molar-refractivity contribution < 1.29 is 14.7 Å². The van der Waals surface area contributed by atoms with Crippen LogP contribution in [0.4, 0.5) is 4.79 Å². The number of hydrogen-bond acceptors (Lipinski definition) is 3. The number of carbonyl (C=O) groups excluding carboxylic acids is 1. The Bertz CT molecular complexity index is 344. The lowest BCUT2D eigenvalue weighted by molar-refractivity contribution is -0.137. The van der Waals surface area contributed by atoms with Crippen LogP contribution in [0.2, 0.25) is 0 Å². The van der Waals surface area contributed by atoms with Crippen LogP contribution in [0, 0.1) is 0 Å². The standard InChI is InChI=1S/C14H27N3O3/c1-5-15(7-6-12(18)19)13(20)16-8-10-17(11-9-16)14(2,3)4/h5-11H2,1-4H3,(H,18,19). The van der Waals surface area contributed by atoms with E-state index in [2.05, 4.69) is 25.7 Å². The van der Waals surface area contributed by atoms with E-state index >= 15 is 0 Å². The predicted octanol–water partition coefficient (Wildman–Crippen LogP) is 1.32. The van der Waals surface area contributed by atoms with E-state index in [1.54, 1.807) is 4.90 Å². The Kier molecular flexibility index (Phi) is 5.80. The van der Waals surface area contributed by atoms with Crippen molar-refractivity contribution in [2.45, 2.75) is 39.7 Å². The number of amides is 2. The molecule has 1 aliphatic rings. The van der Waals surface area contributed by atoms with Crippen LogP contribution >= 0.6 is 0 Å². The van der Waals surface area contributed by atoms with Gasteiger partial charge in [-0.25, -0.2) is 4.79 Å². The highest BCUT2D eigenvalue weighted by atomic mass is 16.4. The molecule has 0 radical (unpaired) electrons. The molecule has 1 fully saturated rings. The van der Waals surface area contributed by atoms with Gasteiger partial charge in [0.05, 0.1) is 6.42 Å². The van der Waals surface area contributed by atoms with Gasteiger partial charge < -0.3 is 14.9 Å². The van der Waals surface area contributed by atoms with Crippen LogP contribution in [0.3, 0.4) is 0 Å². The van der Waals surface area contributed by atoms with Gasteiger partial charge in [0.15, 0.2) is 0 Å². The number of carboxylic acid groups (broad SMARTS) is 1. The molecule has 0 aliphatic carbocycles. The molecule has 0 atom stereocenters. The summed E-state index contributed by atoms with van der Waals surface area (Å²) in [6.45, 7) is 12.4. The van der Waals surface area contributed by atoms with Crippen molar-refractivity contribution in [1.29, 1.82) is 0 Å². The number of urea groups is 1. The number of piperazine rings is 1. The molecule has 0 unspecified atom stereocenters. The third kappa shape index (κ3) is 4.67. The summed E-state index contributed by atoms with van der Waals surface area (Å²) in [6.07, 6.45) is 0.00152. The molecule has 0 aromatic rings. The molecule has 1 aliphatic heterocycles. The lowest BCUT2D eigenvalue weighted by atomic mass is 10.1. The molecule has 1 N–H and O–H groups in total. The van der Waals surface area contributed by atoms with E-state index in [1.807, 2.05) is 11.8 Å². The Morgan fingerprint density at radius 3 is 2.10 bits per heavy atom. The van der Waals surface area contributed by atoms with Crippen molar-refractivity contribution in [3.8, 4) is 0 Å². The average Bonchev–Trinajstić information content (AvgIpc) is 2.38. The number of aliphatic carboxylic acids is 1. The highest BCUT2D eigenvalue weighted by Crippen LogP contribution is 2.16. The highest BCUT2D eigenvalue weighted by molar-refractivity contribution is 5.75. The van der Waals surface area contributed by atoms with Gasteiger partial charge in [0.25, 0.3) is 0 Å². The van der Waals surface area contributed by atoms with E-state index in [9.17, 15) is 9.59 Å². The molecular weight excluding hydrogens is 258 g/mol. The molecule has 2 amide bonds. The molecule has 116 valence electrons. The van der Waals surface area contributed by atoms with Gasteiger partial charge in [-0.2, -0.15) is 0 Å². The summed E-state index contributed by atoms with van der Waals surface area (Å²) in [6, 6.07) is -0.0395. The number of carboxylic acids is 1. The summed E-state index contributed by atoms with van der Waals surface area (Å²) < 4.78 is 0. The number of carbonyl (C=O) groups is 2. The van der Waals surface area contributed by atoms with Crippen LogP contribution in [0.1, 0.15) is 34.1 Å². The average molecular weight is 285 g/mol. The van der Waals surface area contributed by atoms with Crippen LogP contribution in [-0.4, -0.2) is 76.6 Å². The third-order valence-electron chi connectivity index (χ3n) is 3.75. The fourth-order valence-electron chi connectivity index (χ4n) is 2.39. The molecule has 20 heavy (non-hydrogen) atoms. The van der Waals surface area contributed by atoms with Gasteiger partial charge in [-0.05, 0) is 27.7 Å². The lowest BCUT2D eigenvalue weighted by Gasteiger charge is -2.43. The molecule has 1 heterocycles. The monoisotopic (exact) mass is 285 g/mol. The van der Waals surface area contributed by atoms with Crippen LogP contribution in [-0.2, 0) is 4.79 Å². The second-order valence-corrected chi connectivity index (χ2v) is 6.15. The molecule has 0 aromatic heterocycles. The van der Waals surface area contributed by atoms with Gasteiger partial charge in [0, 0.05) is 44.8 Å². The minimum Gasteiger partial charge on any atom is -0.481 e. The van der Waals surface area contributed by atoms with Gasteiger partial charge >= 0.3 is 12.0 Å². The molecule has 1 rings (SSSR count). The zero-order valence-electron chi connectivity index (χ0n) is 13.1. The minimum atomic E-state index is -0.867. The maximum absolute atomic E-state index is 12.3. The quantitative estimate of drug-likeness (QED) is 0.846. The Balaban J connectivity index is 2.50. The molecule has 1 saturated heterocycles. The fraction of sp³-hybridized carbons (Fsp3) is 0.857. The van der Waals surface area contributed by atoms with Crippen molar-refractivity contribution in [3.05, 3.63) is 0 Å². The number of nitrogens with zero attached hydrogens (tertiary/aromatic N) is 3. The van der Waals surface area contributed by atoms with Crippen molar-refractivity contribution >= 4 is 12.0 Å². The summed E-state index contributed by atoms with van der Waals surface area (Å²) in [5.41, 5.74) is 0.128. The largest absolute Gasteiger partial charge is 0.481 e. The van der Waals surface area contributed by atoms with E-state index in [4.69, 9.17) is 5.11 Å². The number of rotatable bonds is 4. The summed E-state index contributed by atoms with van der Waals surface area (Å²) >= 11 is 0. The van der Waals surface area contributed by atoms with E-state index in [0.29, 0.717) is 19.6 Å². The minimum absolute atomic E-state index is 0.00152. The second-order valence-electron chi connectivity index (χ2n) is 6.15. The molecule has 6 heteroatoms. The van der Waals surface area contributed by atoms with Gasteiger partial charge in [-0.1, -0.05) is 0 Å². The Hall–Kier alpha value is -1.30. The van der Waals surface area contributed by atoms with Gasteiger partial charge in [0.2, 0.25) is 0 Å². The summed E-state index contributed by atoms with van der Waals surface area (Å²) in [5.74, 6) is -0.867.